The van der Waals surface area contributed by atoms with Crippen molar-refractivity contribution in [2.45, 2.75) is 38.6 Å². The van der Waals surface area contributed by atoms with Gasteiger partial charge in [-0.3, -0.25) is 0 Å². The fourth-order valence-electron chi connectivity index (χ4n) is 1.90. The topological polar surface area (TPSA) is 18.5 Å². The standard InChI is InChI=1S/C13H17FO2/c1-10-2-7-13(16-10)9-15-8-11-3-5-12(14)6-4-11/h3-6,10,13H,2,7-9H2,1H3. The SMILES string of the molecule is CC1CCC(COCc2ccc(F)cc2)O1. The first-order valence-electron chi connectivity index (χ1n) is 5.71. The van der Waals surface area contributed by atoms with Gasteiger partial charge in [-0.25, -0.2) is 4.39 Å². The van der Waals surface area contributed by atoms with Gasteiger partial charge in [-0.15, -0.1) is 0 Å². The Hall–Kier alpha value is -0.930. The molecule has 1 aromatic carbocycles. The van der Waals surface area contributed by atoms with Crippen molar-refractivity contribution in [3.05, 3.63) is 35.6 Å². The molecule has 0 bridgehead atoms. The Morgan fingerprint density at radius 3 is 2.69 bits per heavy atom. The summed E-state index contributed by atoms with van der Waals surface area (Å²) in [6.07, 6.45) is 2.78. The molecule has 0 spiro atoms. The molecular weight excluding hydrogens is 207 g/mol. The van der Waals surface area contributed by atoms with Gasteiger partial charge in [0.05, 0.1) is 25.4 Å². The van der Waals surface area contributed by atoms with E-state index in [-0.39, 0.29) is 11.9 Å². The zero-order chi connectivity index (χ0) is 11.4. The highest BCUT2D eigenvalue weighted by Crippen LogP contribution is 2.19. The highest BCUT2D eigenvalue weighted by atomic mass is 19.1. The lowest BCUT2D eigenvalue weighted by Gasteiger charge is -2.11. The molecule has 16 heavy (non-hydrogen) atoms. The molecule has 0 amide bonds. The summed E-state index contributed by atoms with van der Waals surface area (Å²) < 4.78 is 23.8. The van der Waals surface area contributed by atoms with Crippen LogP contribution in [0.1, 0.15) is 25.3 Å². The molecule has 0 saturated carbocycles. The fraction of sp³-hybridized carbons (Fsp3) is 0.538. The molecule has 1 saturated heterocycles. The Labute approximate surface area is 95.4 Å². The van der Waals surface area contributed by atoms with E-state index in [1.807, 2.05) is 0 Å². The second kappa shape index (κ2) is 5.41. The van der Waals surface area contributed by atoms with Crippen LogP contribution in [-0.2, 0) is 16.1 Å². The highest BCUT2D eigenvalue weighted by Gasteiger charge is 2.21. The zero-order valence-corrected chi connectivity index (χ0v) is 9.49. The first-order valence-corrected chi connectivity index (χ1v) is 5.71. The first kappa shape index (κ1) is 11.6. The predicted octanol–water partition coefficient (Wildman–Crippen LogP) is 2.91. The van der Waals surface area contributed by atoms with E-state index < -0.39 is 0 Å². The van der Waals surface area contributed by atoms with Gasteiger partial charge in [-0.05, 0) is 37.5 Å². The molecular formula is C13H17FO2. The van der Waals surface area contributed by atoms with Crippen LogP contribution in [0.2, 0.25) is 0 Å². The van der Waals surface area contributed by atoms with E-state index in [1.54, 1.807) is 12.1 Å². The number of rotatable bonds is 4. The maximum Gasteiger partial charge on any atom is 0.123 e. The smallest absolute Gasteiger partial charge is 0.123 e. The predicted molar refractivity (Wildman–Crippen MR) is 59.6 cm³/mol. The van der Waals surface area contributed by atoms with Crippen molar-refractivity contribution in [2.24, 2.45) is 0 Å². The molecule has 3 heteroatoms. The van der Waals surface area contributed by atoms with Crippen molar-refractivity contribution < 1.29 is 13.9 Å². The Balaban J connectivity index is 1.70. The van der Waals surface area contributed by atoms with Gasteiger partial charge in [-0.1, -0.05) is 12.1 Å². The molecule has 2 unspecified atom stereocenters. The van der Waals surface area contributed by atoms with E-state index in [0.717, 1.165) is 18.4 Å². The van der Waals surface area contributed by atoms with Crippen LogP contribution in [0.25, 0.3) is 0 Å². The van der Waals surface area contributed by atoms with Crippen LogP contribution in [0.4, 0.5) is 4.39 Å². The first-order chi connectivity index (χ1) is 7.74. The van der Waals surface area contributed by atoms with Gasteiger partial charge >= 0.3 is 0 Å². The molecule has 0 radical (unpaired) electrons. The van der Waals surface area contributed by atoms with E-state index in [0.29, 0.717) is 19.3 Å². The van der Waals surface area contributed by atoms with Gasteiger partial charge in [0, 0.05) is 0 Å². The summed E-state index contributed by atoms with van der Waals surface area (Å²) in [4.78, 5) is 0. The van der Waals surface area contributed by atoms with Crippen LogP contribution in [0, 0.1) is 5.82 Å². The zero-order valence-electron chi connectivity index (χ0n) is 9.49. The van der Waals surface area contributed by atoms with Crippen LogP contribution in [-0.4, -0.2) is 18.8 Å². The van der Waals surface area contributed by atoms with E-state index in [4.69, 9.17) is 9.47 Å². The average molecular weight is 224 g/mol. The highest BCUT2D eigenvalue weighted by molar-refractivity contribution is 5.14. The van der Waals surface area contributed by atoms with Crippen molar-refractivity contribution in [2.75, 3.05) is 6.61 Å². The van der Waals surface area contributed by atoms with Crippen molar-refractivity contribution >= 4 is 0 Å². The maximum atomic E-state index is 12.6. The minimum atomic E-state index is -0.211. The number of benzene rings is 1. The third kappa shape index (κ3) is 3.29. The number of hydrogen-bond donors (Lipinski definition) is 0. The van der Waals surface area contributed by atoms with Gasteiger partial charge in [0.1, 0.15) is 5.82 Å². The molecule has 0 N–H and O–H groups in total. The summed E-state index contributed by atoms with van der Waals surface area (Å²) in [5, 5.41) is 0. The quantitative estimate of drug-likeness (QED) is 0.783. The lowest BCUT2D eigenvalue weighted by molar-refractivity contribution is -0.0142. The third-order valence-electron chi connectivity index (χ3n) is 2.81. The van der Waals surface area contributed by atoms with Crippen molar-refractivity contribution in [1.82, 2.24) is 0 Å². The largest absolute Gasteiger partial charge is 0.374 e. The minimum Gasteiger partial charge on any atom is -0.374 e. The molecule has 0 aliphatic carbocycles. The van der Waals surface area contributed by atoms with Gasteiger partial charge in [0.2, 0.25) is 0 Å². The summed E-state index contributed by atoms with van der Waals surface area (Å²) in [7, 11) is 0. The molecule has 2 rings (SSSR count). The molecule has 2 nitrogen and oxygen atoms in total. The van der Waals surface area contributed by atoms with Crippen LogP contribution >= 0.6 is 0 Å². The van der Waals surface area contributed by atoms with Crippen LogP contribution < -0.4 is 0 Å². The summed E-state index contributed by atoms with van der Waals surface area (Å²) in [6.45, 7) is 3.23. The van der Waals surface area contributed by atoms with E-state index in [1.165, 1.54) is 12.1 Å². The summed E-state index contributed by atoms with van der Waals surface area (Å²) in [5.74, 6) is -0.211. The molecule has 1 heterocycles. The van der Waals surface area contributed by atoms with E-state index in [9.17, 15) is 4.39 Å². The minimum absolute atomic E-state index is 0.211. The van der Waals surface area contributed by atoms with Gasteiger partial charge in [-0.2, -0.15) is 0 Å². The maximum absolute atomic E-state index is 12.6. The Morgan fingerprint density at radius 1 is 1.31 bits per heavy atom. The fourth-order valence-corrected chi connectivity index (χ4v) is 1.90. The monoisotopic (exact) mass is 224 g/mol. The second-order valence-electron chi connectivity index (χ2n) is 4.29. The second-order valence-corrected chi connectivity index (χ2v) is 4.29. The van der Waals surface area contributed by atoms with Crippen LogP contribution in [0.5, 0.6) is 0 Å². The number of ether oxygens (including phenoxy) is 2. The Kier molecular flexibility index (Phi) is 3.91. The molecule has 1 aliphatic heterocycles. The van der Waals surface area contributed by atoms with Crippen molar-refractivity contribution in [3.63, 3.8) is 0 Å². The molecule has 1 aromatic rings. The normalized spacial score (nSPS) is 24.9. The van der Waals surface area contributed by atoms with Crippen molar-refractivity contribution in [3.8, 4) is 0 Å². The van der Waals surface area contributed by atoms with Crippen molar-refractivity contribution in [1.29, 1.82) is 0 Å². The average Bonchev–Trinajstić information content (AvgIpc) is 2.67. The number of hydrogen-bond acceptors (Lipinski definition) is 2. The summed E-state index contributed by atoms with van der Waals surface area (Å²) in [6, 6.07) is 6.39. The van der Waals surface area contributed by atoms with Gasteiger partial charge in [0.15, 0.2) is 0 Å². The Bertz CT molecular complexity index is 323. The van der Waals surface area contributed by atoms with E-state index in [2.05, 4.69) is 6.92 Å². The molecule has 1 aliphatic rings. The Morgan fingerprint density at radius 2 is 2.06 bits per heavy atom. The molecule has 0 aromatic heterocycles. The lowest BCUT2D eigenvalue weighted by Crippen LogP contribution is -2.15. The molecule has 1 fully saturated rings. The molecule has 88 valence electrons. The summed E-state index contributed by atoms with van der Waals surface area (Å²) >= 11 is 0. The van der Waals surface area contributed by atoms with Gasteiger partial charge < -0.3 is 9.47 Å². The van der Waals surface area contributed by atoms with Gasteiger partial charge in [0.25, 0.3) is 0 Å². The van der Waals surface area contributed by atoms with Crippen LogP contribution in [0.3, 0.4) is 0 Å². The third-order valence-corrected chi connectivity index (χ3v) is 2.81. The number of halogens is 1. The lowest BCUT2D eigenvalue weighted by atomic mass is 10.2. The molecule has 2 atom stereocenters. The van der Waals surface area contributed by atoms with E-state index >= 15 is 0 Å². The summed E-state index contributed by atoms with van der Waals surface area (Å²) in [5.41, 5.74) is 0.993. The van der Waals surface area contributed by atoms with Crippen LogP contribution in [0.15, 0.2) is 24.3 Å².